The summed E-state index contributed by atoms with van der Waals surface area (Å²) in [6.45, 7) is 3.26. The highest BCUT2D eigenvalue weighted by Crippen LogP contribution is 2.20. The summed E-state index contributed by atoms with van der Waals surface area (Å²) >= 11 is 7.39. The molecule has 0 unspecified atom stereocenters. The Bertz CT molecular complexity index is 327. The van der Waals surface area contributed by atoms with Crippen LogP contribution in [0, 0.1) is 0 Å². The number of esters is 1. The first-order valence-corrected chi connectivity index (χ1v) is 5.94. The Labute approximate surface area is 98.6 Å². The number of hydrogen-bond acceptors (Lipinski definition) is 4. The van der Waals surface area contributed by atoms with Crippen molar-refractivity contribution in [1.29, 1.82) is 0 Å². The van der Waals surface area contributed by atoms with Crippen LogP contribution in [0.4, 0.5) is 0 Å². The minimum atomic E-state index is -0.192. The van der Waals surface area contributed by atoms with Gasteiger partial charge in [0.2, 0.25) is 0 Å². The van der Waals surface area contributed by atoms with Crippen molar-refractivity contribution in [2.75, 3.05) is 20.2 Å². The molecule has 0 aliphatic rings. The lowest BCUT2D eigenvalue weighted by Gasteiger charge is -2.13. The highest BCUT2D eigenvalue weighted by atomic mass is 35.5. The van der Waals surface area contributed by atoms with Gasteiger partial charge in [-0.1, -0.05) is 11.6 Å². The number of nitrogens with zero attached hydrogens (tertiary/aromatic N) is 1. The molecular weight excluding hydrogens is 234 g/mol. The third kappa shape index (κ3) is 4.64. The van der Waals surface area contributed by atoms with Gasteiger partial charge in [0.25, 0.3) is 0 Å². The zero-order chi connectivity index (χ0) is 11.3. The van der Waals surface area contributed by atoms with E-state index in [1.54, 1.807) is 18.3 Å². The predicted molar refractivity (Wildman–Crippen MR) is 62.3 cm³/mol. The topological polar surface area (TPSA) is 29.5 Å². The molecule has 0 saturated heterocycles. The average Bonchev–Trinajstić information content (AvgIpc) is 2.51. The number of hydrogen-bond donors (Lipinski definition) is 0. The summed E-state index contributed by atoms with van der Waals surface area (Å²) in [6, 6.07) is 1.91. The van der Waals surface area contributed by atoms with Gasteiger partial charge < -0.3 is 4.74 Å². The van der Waals surface area contributed by atoms with E-state index in [1.807, 2.05) is 23.4 Å². The first kappa shape index (κ1) is 12.5. The molecule has 84 valence electrons. The van der Waals surface area contributed by atoms with Crippen LogP contribution in [0.3, 0.4) is 0 Å². The molecule has 0 amide bonds. The van der Waals surface area contributed by atoms with Crippen molar-refractivity contribution in [1.82, 2.24) is 4.90 Å². The molecule has 1 heterocycles. The van der Waals surface area contributed by atoms with E-state index in [4.69, 9.17) is 16.3 Å². The molecule has 1 rings (SSSR count). The molecule has 15 heavy (non-hydrogen) atoms. The van der Waals surface area contributed by atoms with Crippen LogP contribution in [0.15, 0.2) is 11.4 Å². The van der Waals surface area contributed by atoms with Crippen molar-refractivity contribution < 1.29 is 9.53 Å². The molecule has 1 aromatic rings. The van der Waals surface area contributed by atoms with Gasteiger partial charge in [-0.05, 0) is 20.0 Å². The van der Waals surface area contributed by atoms with Gasteiger partial charge in [-0.3, -0.25) is 9.69 Å². The van der Waals surface area contributed by atoms with Gasteiger partial charge in [0.1, 0.15) is 0 Å². The first-order valence-electron chi connectivity index (χ1n) is 4.69. The molecule has 0 aliphatic carbocycles. The summed E-state index contributed by atoms with van der Waals surface area (Å²) in [5.41, 5.74) is 0. The smallest absolute Gasteiger partial charge is 0.320 e. The molecular formula is C10H14ClNO2S. The quantitative estimate of drug-likeness (QED) is 0.749. The van der Waals surface area contributed by atoms with E-state index < -0.39 is 0 Å². The van der Waals surface area contributed by atoms with Crippen LogP contribution >= 0.6 is 22.9 Å². The molecule has 0 bridgehead atoms. The van der Waals surface area contributed by atoms with Crippen LogP contribution in [-0.2, 0) is 16.1 Å². The third-order valence-electron chi connectivity index (χ3n) is 1.75. The Hall–Kier alpha value is -0.580. The molecule has 0 N–H and O–H groups in total. The zero-order valence-corrected chi connectivity index (χ0v) is 10.4. The number of halogens is 1. The molecule has 0 aromatic carbocycles. The van der Waals surface area contributed by atoms with Gasteiger partial charge in [0.05, 0.1) is 18.2 Å². The third-order valence-corrected chi connectivity index (χ3v) is 3.02. The Balaban J connectivity index is 2.35. The van der Waals surface area contributed by atoms with Gasteiger partial charge in [0, 0.05) is 16.8 Å². The van der Waals surface area contributed by atoms with E-state index in [2.05, 4.69) is 0 Å². The van der Waals surface area contributed by atoms with Gasteiger partial charge in [0.15, 0.2) is 0 Å². The lowest BCUT2D eigenvalue weighted by atomic mass is 10.4. The normalized spacial score (nSPS) is 10.7. The summed E-state index contributed by atoms with van der Waals surface area (Å²) in [4.78, 5) is 14.2. The van der Waals surface area contributed by atoms with Crippen molar-refractivity contribution in [2.45, 2.75) is 13.5 Å². The summed E-state index contributed by atoms with van der Waals surface area (Å²) in [5.74, 6) is -0.192. The summed E-state index contributed by atoms with van der Waals surface area (Å²) in [7, 11) is 1.88. The lowest BCUT2D eigenvalue weighted by Crippen LogP contribution is -2.26. The van der Waals surface area contributed by atoms with Crippen molar-refractivity contribution in [2.24, 2.45) is 0 Å². The fraction of sp³-hybridized carbons (Fsp3) is 0.500. The second kappa shape index (κ2) is 6.10. The van der Waals surface area contributed by atoms with E-state index in [1.165, 1.54) is 0 Å². The molecule has 0 atom stereocenters. The summed E-state index contributed by atoms with van der Waals surface area (Å²) in [6.07, 6.45) is 0. The van der Waals surface area contributed by atoms with Crippen LogP contribution < -0.4 is 0 Å². The second-order valence-corrected chi connectivity index (χ2v) is 4.64. The minimum absolute atomic E-state index is 0.192. The van der Waals surface area contributed by atoms with Gasteiger partial charge in [-0.25, -0.2) is 0 Å². The predicted octanol–water partition coefficient (Wildman–Crippen LogP) is 2.40. The molecule has 0 saturated carbocycles. The van der Waals surface area contributed by atoms with Crippen LogP contribution in [0.2, 0.25) is 5.02 Å². The maximum Gasteiger partial charge on any atom is 0.320 e. The Morgan fingerprint density at radius 1 is 1.67 bits per heavy atom. The monoisotopic (exact) mass is 247 g/mol. The highest BCUT2D eigenvalue weighted by Gasteiger charge is 2.08. The van der Waals surface area contributed by atoms with E-state index in [-0.39, 0.29) is 5.97 Å². The fourth-order valence-corrected chi connectivity index (χ4v) is 2.34. The zero-order valence-electron chi connectivity index (χ0n) is 8.83. The fourth-order valence-electron chi connectivity index (χ4n) is 1.19. The minimum Gasteiger partial charge on any atom is -0.465 e. The van der Waals surface area contributed by atoms with Gasteiger partial charge >= 0.3 is 5.97 Å². The Morgan fingerprint density at radius 3 is 2.93 bits per heavy atom. The van der Waals surface area contributed by atoms with Gasteiger partial charge in [-0.15, -0.1) is 11.3 Å². The second-order valence-electron chi connectivity index (χ2n) is 3.21. The molecule has 1 aromatic heterocycles. The van der Waals surface area contributed by atoms with Crippen molar-refractivity contribution in [3.63, 3.8) is 0 Å². The Kier molecular flexibility index (Phi) is 5.08. The average molecular weight is 248 g/mol. The van der Waals surface area contributed by atoms with Crippen molar-refractivity contribution >= 4 is 28.9 Å². The molecule has 0 spiro atoms. The molecule has 0 aliphatic heterocycles. The van der Waals surface area contributed by atoms with E-state index in [0.29, 0.717) is 13.2 Å². The number of ether oxygens (including phenoxy) is 1. The number of rotatable bonds is 5. The summed E-state index contributed by atoms with van der Waals surface area (Å²) in [5, 5.41) is 2.63. The van der Waals surface area contributed by atoms with Crippen LogP contribution in [0.25, 0.3) is 0 Å². The standard InChI is InChI=1S/C10H14ClNO2S/c1-3-14-10(13)6-12(2)5-9-4-8(11)7-15-9/h4,7H,3,5-6H2,1-2H3. The largest absolute Gasteiger partial charge is 0.465 e. The maximum atomic E-state index is 11.2. The van der Waals surface area contributed by atoms with Crippen LogP contribution in [0.5, 0.6) is 0 Å². The first-order chi connectivity index (χ1) is 7.11. The highest BCUT2D eigenvalue weighted by molar-refractivity contribution is 7.10. The number of carbonyl (C=O) groups excluding carboxylic acids is 1. The molecule has 3 nitrogen and oxygen atoms in total. The van der Waals surface area contributed by atoms with Crippen LogP contribution in [-0.4, -0.2) is 31.1 Å². The molecule has 0 radical (unpaired) electrons. The number of carbonyl (C=O) groups is 1. The SMILES string of the molecule is CCOC(=O)CN(C)Cc1cc(Cl)cs1. The van der Waals surface area contributed by atoms with E-state index >= 15 is 0 Å². The van der Waals surface area contributed by atoms with E-state index in [0.717, 1.165) is 16.4 Å². The van der Waals surface area contributed by atoms with Crippen molar-refractivity contribution in [3.8, 4) is 0 Å². The van der Waals surface area contributed by atoms with Crippen molar-refractivity contribution in [3.05, 3.63) is 21.3 Å². The van der Waals surface area contributed by atoms with Gasteiger partial charge in [-0.2, -0.15) is 0 Å². The van der Waals surface area contributed by atoms with Crippen LogP contribution in [0.1, 0.15) is 11.8 Å². The van der Waals surface area contributed by atoms with E-state index in [9.17, 15) is 4.79 Å². The number of likely N-dealkylation sites (N-methyl/N-ethyl adjacent to an activating group) is 1. The lowest BCUT2D eigenvalue weighted by molar-refractivity contribution is -0.144. The molecule has 0 fully saturated rings. The maximum absolute atomic E-state index is 11.2. The molecule has 5 heteroatoms. The summed E-state index contributed by atoms with van der Waals surface area (Å²) < 4.78 is 4.85. The number of thiophene rings is 1. The Morgan fingerprint density at radius 2 is 2.40 bits per heavy atom.